The van der Waals surface area contributed by atoms with Gasteiger partial charge in [0, 0.05) is 13.1 Å². The van der Waals surface area contributed by atoms with Gasteiger partial charge in [0.2, 0.25) is 0 Å². The van der Waals surface area contributed by atoms with E-state index in [9.17, 15) is 9.59 Å². The average Bonchev–Trinajstić information content (AvgIpc) is 2.33. The number of unbranched alkanes of at least 4 members (excludes halogenated alkanes) is 1. The van der Waals surface area contributed by atoms with Crippen LogP contribution in [0.25, 0.3) is 0 Å². The van der Waals surface area contributed by atoms with E-state index in [1.54, 1.807) is 6.92 Å². The van der Waals surface area contributed by atoms with E-state index in [0.717, 1.165) is 12.8 Å². The van der Waals surface area contributed by atoms with Crippen molar-refractivity contribution in [2.75, 3.05) is 13.1 Å². The zero-order valence-electron chi connectivity index (χ0n) is 12.4. The number of carbonyl (C=O) groups excluding carboxylic acids is 1. The van der Waals surface area contributed by atoms with E-state index >= 15 is 0 Å². The number of rotatable bonds is 10. The molecule has 0 radical (unpaired) electrons. The Labute approximate surface area is 116 Å². The van der Waals surface area contributed by atoms with E-state index in [0.29, 0.717) is 31.8 Å². The summed E-state index contributed by atoms with van der Waals surface area (Å²) in [7, 11) is 0. The molecular weight excluding hydrogens is 244 g/mol. The summed E-state index contributed by atoms with van der Waals surface area (Å²) in [6, 6.07) is -0.160. The van der Waals surface area contributed by atoms with Crippen LogP contribution in [0.2, 0.25) is 0 Å². The molecule has 0 bridgehead atoms. The second-order valence-corrected chi connectivity index (χ2v) is 5.45. The molecule has 112 valence electrons. The van der Waals surface area contributed by atoms with Crippen LogP contribution >= 0.6 is 0 Å². The lowest BCUT2D eigenvalue weighted by atomic mass is 10.1. The SMILES string of the molecule is CC(C)CCCCNC(=O)NCCCC(C)C(=O)O. The van der Waals surface area contributed by atoms with Gasteiger partial charge in [0.25, 0.3) is 0 Å². The summed E-state index contributed by atoms with van der Waals surface area (Å²) in [5.41, 5.74) is 0. The van der Waals surface area contributed by atoms with Gasteiger partial charge in [0.15, 0.2) is 0 Å². The van der Waals surface area contributed by atoms with E-state index in [1.807, 2.05) is 0 Å². The molecule has 0 aliphatic heterocycles. The van der Waals surface area contributed by atoms with Gasteiger partial charge in [-0.05, 0) is 25.2 Å². The summed E-state index contributed by atoms with van der Waals surface area (Å²) >= 11 is 0. The minimum absolute atomic E-state index is 0.160. The first kappa shape index (κ1) is 17.7. The summed E-state index contributed by atoms with van der Waals surface area (Å²) in [5.74, 6) is -0.416. The number of carboxylic acid groups (broad SMARTS) is 1. The van der Waals surface area contributed by atoms with Gasteiger partial charge < -0.3 is 15.7 Å². The number of hydrogen-bond acceptors (Lipinski definition) is 2. The number of carbonyl (C=O) groups is 2. The van der Waals surface area contributed by atoms with Gasteiger partial charge in [-0.15, -0.1) is 0 Å². The van der Waals surface area contributed by atoms with E-state index in [1.165, 1.54) is 6.42 Å². The van der Waals surface area contributed by atoms with E-state index in [-0.39, 0.29) is 11.9 Å². The lowest BCUT2D eigenvalue weighted by Crippen LogP contribution is -2.36. The van der Waals surface area contributed by atoms with Gasteiger partial charge in [-0.3, -0.25) is 4.79 Å². The first-order valence-electron chi connectivity index (χ1n) is 7.18. The minimum atomic E-state index is -0.783. The number of hydrogen-bond donors (Lipinski definition) is 3. The van der Waals surface area contributed by atoms with Crippen LogP contribution in [0, 0.1) is 11.8 Å². The van der Waals surface area contributed by atoms with E-state index < -0.39 is 5.97 Å². The third-order valence-electron chi connectivity index (χ3n) is 3.01. The smallest absolute Gasteiger partial charge is 0.314 e. The summed E-state index contributed by atoms with van der Waals surface area (Å²) in [6.07, 6.45) is 4.60. The topological polar surface area (TPSA) is 78.4 Å². The van der Waals surface area contributed by atoms with Crippen LogP contribution in [0.4, 0.5) is 4.79 Å². The van der Waals surface area contributed by atoms with Crippen molar-refractivity contribution >= 4 is 12.0 Å². The van der Waals surface area contributed by atoms with Gasteiger partial charge in [0.1, 0.15) is 0 Å². The van der Waals surface area contributed by atoms with Gasteiger partial charge in [0.05, 0.1) is 5.92 Å². The lowest BCUT2D eigenvalue weighted by Gasteiger charge is -2.09. The quantitative estimate of drug-likeness (QED) is 0.535. The number of urea groups is 1. The fraction of sp³-hybridized carbons (Fsp3) is 0.857. The summed E-state index contributed by atoms with van der Waals surface area (Å²) in [6.45, 7) is 7.28. The fourth-order valence-corrected chi connectivity index (χ4v) is 1.68. The molecule has 1 unspecified atom stereocenters. The summed E-state index contributed by atoms with van der Waals surface area (Å²) in [4.78, 5) is 22.0. The van der Waals surface area contributed by atoms with Crippen molar-refractivity contribution in [3.05, 3.63) is 0 Å². The van der Waals surface area contributed by atoms with Crippen molar-refractivity contribution in [3.63, 3.8) is 0 Å². The molecule has 1 atom stereocenters. The van der Waals surface area contributed by atoms with Crippen molar-refractivity contribution in [1.82, 2.24) is 10.6 Å². The Balaban J connectivity index is 3.37. The van der Waals surface area contributed by atoms with Crippen molar-refractivity contribution in [2.45, 2.75) is 52.9 Å². The predicted molar refractivity (Wildman–Crippen MR) is 76.1 cm³/mol. The van der Waals surface area contributed by atoms with Crippen molar-refractivity contribution < 1.29 is 14.7 Å². The lowest BCUT2D eigenvalue weighted by molar-refractivity contribution is -0.141. The van der Waals surface area contributed by atoms with Crippen molar-refractivity contribution in [3.8, 4) is 0 Å². The fourth-order valence-electron chi connectivity index (χ4n) is 1.68. The average molecular weight is 272 g/mol. The molecule has 0 fully saturated rings. The Morgan fingerprint density at radius 2 is 1.53 bits per heavy atom. The Kier molecular flexibility index (Phi) is 9.94. The van der Waals surface area contributed by atoms with Gasteiger partial charge >= 0.3 is 12.0 Å². The molecule has 0 saturated carbocycles. The molecule has 19 heavy (non-hydrogen) atoms. The van der Waals surface area contributed by atoms with Gasteiger partial charge in [-0.1, -0.05) is 33.6 Å². The van der Waals surface area contributed by atoms with Crippen LogP contribution in [-0.4, -0.2) is 30.2 Å². The predicted octanol–water partition coefficient (Wildman–Crippen LogP) is 2.61. The molecule has 5 nitrogen and oxygen atoms in total. The van der Waals surface area contributed by atoms with E-state index in [2.05, 4.69) is 24.5 Å². The Hall–Kier alpha value is -1.26. The second-order valence-electron chi connectivity index (χ2n) is 5.45. The highest BCUT2D eigenvalue weighted by molar-refractivity contribution is 5.73. The normalized spacial score (nSPS) is 12.2. The number of nitrogens with one attached hydrogen (secondary N) is 2. The monoisotopic (exact) mass is 272 g/mol. The molecule has 0 aliphatic rings. The molecule has 0 saturated heterocycles. The maximum absolute atomic E-state index is 11.4. The maximum atomic E-state index is 11.4. The second kappa shape index (κ2) is 10.6. The molecule has 0 aromatic heterocycles. The molecule has 0 aromatic rings. The highest BCUT2D eigenvalue weighted by atomic mass is 16.4. The largest absolute Gasteiger partial charge is 0.481 e. The first-order chi connectivity index (χ1) is 8.93. The molecule has 0 spiro atoms. The Morgan fingerprint density at radius 1 is 0.947 bits per heavy atom. The highest BCUT2D eigenvalue weighted by Crippen LogP contribution is 2.05. The molecular formula is C14H28N2O3. The zero-order chi connectivity index (χ0) is 14.7. The Bertz CT molecular complexity index is 267. The molecule has 2 amide bonds. The van der Waals surface area contributed by atoms with Gasteiger partial charge in [-0.25, -0.2) is 4.79 Å². The Morgan fingerprint density at radius 3 is 2.05 bits per heavy atom. The summed E-state index contributed by atoms with van der Waals surface area (Å²) in [5, 5.41) is 14.2. The van der Waals surface area contributed by atoms with Crippen LogP contribution in [0.5, 0.6) is 0 Å². The number of carboxylic acids is 1. The minimum Gasteiger partial charge on any atom is -0.481 e. The highest BCUT2D eigenvalue weighted by Gasteiger charge is 2.09. The number of amides is 2. The summed E-state index contributed by atoms with van der Waals surface area (Å²) < 4.78 is 0. The first-order valence-corrected chi connectivity index (χ1v) is 7.18. The standard InChI is InChI=1S/C14H28N2O3/c1-11(2)7-4-5-9-15-14(19)16-10-6-8-12(3)13(17)18/h11-12H,4-10H2,1-3H3,(H,17,18)(H2,15,16,19). The van der Waals surface area contributed by atoms with Crippen LogP contribution in [0.15, 0.2) is 0 Å². The van der Waals surface area contributed by atoms with Crippen LogP contribution in [0.1, 0.15) is 52.9 Å². The third kappa shape index (κ3) is 11.6. The molecule has 0 heterocycles. The molecule has 5 heteroatoms. The maximum Gasteiger partial charge on any atom is 0.314 e. The third-order valence-corrected chi connectivity index (χ3v) is 3.01. The van der Waals surface area contributed by atoms with Crippen LogP contribution in [-0.2, 0) is 4.79 Å². The van der Waals surface area contributed by atoms with E-state index in [4.69, 9.17) is 5.11 Å². The van der Waals surface area contributed by atoms with Crippen LogP contribution < -0.4 is 10.6 Å². The molecule has 0 rings (SSSR count). The number of aliphatic carboxylic acids is 1. The zero-order valence-corrected chi connectivity index (χ0v) is 12.4. The van der Waals surface area contributed by atoms with Crippen LogP contribution in [0.3, 0.4) is 0 Å². The molecule has 0 aromatic carbocycles. The van der Waals surface area contributed by atoms with Gasteiger partial charge in [-0.2, -0.15) is 0 Å². The molecule has 3 N–H and O–H groups in total. The van der Waals surface area contributed by atoms with Crippen molar-refractivity contribution in [2.24, 2.45) is 11.8 Å². The van der Waals surface area contributed by atoms with Crippen molar-refractivity contribution in [1.29, 1.82) is 0 Å². The molecule has 0 aliphatic carbocycles.